The van der Waals surface area contributed by atoms with E-state index in [1.165, 1.54) is 0 Å². The highest BCUT2D eigenvalue weighted by Gasteiger charge is 2.01. The van der Waals surface area contributed by atoms with Crippen LogP contribution in [0, 0.1) is 0 Å². The fourth-order valence-corrected chi connectivity index (χ4v) is 1.68. The second kappa shape index (κ2) is 6.56. The number of carbonyl (C=O) groups is 1. The van der Waals surface area contributed by atoms with Crippen molar-refractivity contribution in [3.8, 4) is 5.75 Å². The summed E-state index contributed by atoms with van der Waals surface area (Å²) in [4.78, 5) is 15.2. The highest BCUT2D eigenvalue weighted by molar-refractivity contribution is 5.92. The SMILES string of the molecule is CCNc1ccc(COc2ccc(C(N)=O)cc2)cn1. The Kier molecular flexibility index (Phi) is 4.55. The summed E-state index contributed by atoms with van der Waals surface area (Å²) in [6.45, 7) is 3.29. The van der Waals surface area contributed by atoms with E-state index in [4.69, 9.17) is 10.5 Å². The molecule has 0 fully saturated rings. The molecule has 0 spiro atoms. The monoisotopic (exact) mass is 271 g/mol. The molecule has 5 nitrogen and oxygen atoms in total. The molecule has 104 valence electrons. The summed E-state index contributed by atoms with van der Waals surface area (Å²) < 4.78 is 5.61. The van der Waals surface area contributed by atoms with Crippen molar-refractivity contribution in [3.05, 3.63) is 53.7 Å². The van der Waals surface area contributed by atoms with Crippen molar-refractivity contribution in [1.29, 1.82) is 0 Å². The molecule has 20 heavy (non-hydrogen) atoms. The minimum Gasteiger partial charge on any atom is -0.489 e. The minimum absolute atomic E-state index is 0.426. The average molecular weight is 271 g/mol. The van der Waals surface area contributed by atoms with Crippen LogP contribution in [0.1, 0.15) is 22.8 Å². The highest BCUT2D eigenvalue weighted by Crippen LogP contribution is 2.14. The van der Waals surface area contributed by atoms with Gasteiger partial charge in [0.25, 0.3) is 0 Å². The molecule has 1 amide bonds. The summed E-state index contributed by atoms with van der Waals surface area (Å²) in [5.74, 6) is 1.09. The Morgan fingerprint density at radius 2 is 2.00 bits per heavy atom. The maximum Gasteiger partial charge on any atom is 0.248 e. The fourth-order valence-electron chi connectivity index (χ4n) is 1.68. The van der Waals surface area contributed by atoms with E-state index in [2.05, 4.69) is 10.3 Å². The normalized spacial score (nSPS) is 10.1. The second-order valence-electron chi connectivity index (χ2n) is 4.26. The molecule has 0 aliphatic rings. The molecule has 2 aromatic rings. The number of carbonyl (C=O) groups excluding carboxylic acids is 1. The molecule has 0 bridgehead atoms. The Morgan fingerprint density at radius 3 is 2.55 bits per heavy atom. The first-order valence-corrected chi connectivity index (χ1v) is 6.40. The number of rotatable bonds is 6. The molecule has 0 aliphatic carbocycles. The number of nitrogens with zero attached hydrogens (tertiary/aromatic N) is 1. The predicted molar refractivity (Wildman–Crippen MR) is 77.7 cm³/mol. The van der Waals surface area contributed by atoms with Gasteiger partial charge in [0.1, 0.15) is 18.2 Å². The van der Waals surface area contributed by atoms with E-state index in [0.29, 0.717) is 17.9 Å². The van der Waals surface area contributed by atoms with Gasteiger partial charge >= 0.3 is 0 Å². The molecule has 0 unspecified atom stereocenters. The first-order chi connectivity index (χ1) is 9.69. The standard InChI is InChI=1S/C15H17N3O2/c1-2-17-14-8-3-11(9-18-14)10-20-13-6-4-12(5-7-13)15(16)19/h3-9H,2,10H2,1H3,(H2,16,19)(H,17,18). The third kappa shape index (κ3) is 3.71. The fraction of sp³-hybridized carbons (Fsp3) is 0.200. The maximum atomic E-state index is 10.9. The van der Waals surface area contributed by atoms with Crippen LogP contribution in [0.4, 0.5) is 5.82 Å². The zero-order valence-corrected chi connectivity index (χ0v) is 11.3. The molecule has 2 rings (SSSR count). The van der Waals surface area contributed by atoms with Crippen LogP contribution in [0.5, 0.6) is 5.75 Å². The summed E-state index contributed by atoms with van der Waals surface area (Å²) in [6.07, 6.45) is 1.77. The van der Waals surface area contributed by atoms with Crippen LogP contribution in [-0.4, -0.2) is 17.4 Å². The van der Waals surface area contributed by atoms with E-state index in [1.54, 1.807) is 30.5 Å². The molecule has 1 aromatic heterocycles. The lowest BCUT2D eigenvalue weighted by atomic mass is 10.2. The molecule has 0 aliphatic heterocycles. The van der Waals surface area contributed by atoms with Crippen molar-refractivity contribution in [2.75, 3.05) is 11.9 Å². The zero-order chi connectivity index (χ0) is 14.4. The lowest BCUT2D eigenvalue weighted by Crippen LogP contribution is -2.10. The van der Waals surface area contributed by atoms with Gasteiger partial charge in [-0.1, -0.05) is 6.07 Å². The van der Waals surface area contributed by atoms with Crippen molar-refractivity contribution < 1.29 is 9.53 Å². The molecular formula is C15H17N3O2. The van der Waals surface area contributed by atoms with Crippen molar-refractivity contribution in [2.24, 2.45) is 5.73 Å². The van der Waals surface area contributed by atoms with E-state index in [0.717, 1.165) is 17.9 Å². The van der Waals surface area contributed by atoms with Crippen LogP contribution < -0.4 is 15.8 Å². The number of anilines is 1. The smallest absolute Gasteiger partial charge is 0.248 e. The molecule has 0 saturated carbocycles. The summed E-state index contributed by atoms with van der Waals surface area (Å²) >= 11 is 0. The molecule has 0 radical (unpaired) electrons. The second-order valence-corrected chi connectivity index (χ2v) is 4.26. The number of hydrogen-bond acceptors (Lipinski definition) is 4. The van der Waals surface area contributed by atoms with Crippen LogP contribution in [-0.2, 0) is 6.61 Å². The number of ether oxygens (including phenoxy) is 1. The van der Waals surface area contributed by atoms with Crippen LogP contribution in [0.25, 0.3) is 0 Å². The number of primary amides is 1. The molecular weight excluding hydrogens is 254 g/mol. The van der Waals surface area contributed by atoms with E-state index >= 15 is 0 Å². The number of nitrogens with one attached hydrogen (secondary N) is 1. The van der Waals surface area contributed by atoms with Crippen molar-refractivity contribution in [1.82, 2.24) is 4.98 Å². The third-order valence-electron chi connectivity index (χ3n) is 2.73. The van der Waals surface area contributed by atoms with Gasteiger partial charge in [-0.2, -0.15) is 0 Å². The highest BCUT2D eigenvalue weighted by atomic mass is 16.5. The quantitative estimate of drug-likeness (QED) is 0.844. The van der Waals surface area contributed by atoms with Gasteiger partial charge < -0.3 is 15.8 Å². The molecule has 0 saturated heterocycles. The number of amides is 1. The molecule has 3 N–H and O–H groups in total. The topological polar surface area (TPSA) is 77.2 Å². The number of hydrogen-bond donors (Lipinski definition) is 2. The van der Waals surface area contributed by atoms with Crippen molar-refractivity contribution in [2.45, 2.75) is 13.5 Å². The van der Waals surface area contributed by atoms with Gasteiger partial charge in [0, 0.05) is 23.9 Å². The number of aromatic nitrogens is 1. The van der Waals surface area contributed by atoms with Crippen LogP contribution in [0.2, 0.25) is 0 Å². The average Bonchev–Trinajstić information content (AvgIpc) is 2.47. The summed E-state index contributed by atoms with van der Waals surface area (Å²) in [5, 5.41) is 3.13. The number of nitrogens with two attached hydrogens (primary N) is 1. The third-order valence-corrected chi connectivity index (χ3v) is 2.73. The first kappa shape index (κ1) is 13.9. The van der Waals surface area contributed by atoms with Crippen LogP contribution >= 0.6 is 0 Å². The number of pyridine rings is 1. The van der Waals surface area contributed by atoms with Gasteiger partial charge in [-0.15, -0.1) is 0 Å². The summed E-state index contributed by atoms with van der Waals surface area (Å²) in [7, 11) is 0. The van der Waals surface area contributed by atoms with Gasteiger partial charge in [0.15, 0.2) is 0 Å². The van der Waals surface area contributed by atoms with Gasteiger partial charge in [-0.05, 0) is 37.3 Å². The summed E-state index contributed by atoms with van der Waals surface area (Å²) in [5.41, 5.74) is 6.62. The molecule has 0 atom stereocenters. The number of benzene rings is 1. The van der Waals surface area contributed by atoms with E-state index in [9.17, 15) is 4.79 Å². The Bertz CT molecular complexity index is 565. The van der Waals surface area contributed by atoms with Crippen LogP contribution in [0.15, 0.2) is 42.6 Å². The Labute approximate surface area is 117 Å². The van der Waals surface area contributed by atoms with E-state index < -0.39 is 5.91 Å². The molecule has 1 aromatic carbocycles. The minimum atomic E-state index is -0.445. The van der Waals surface area contributed by atoms with E-state index in [-0.39, 0.29) is 0 Å². The largest absolute Gasteiger partial charge is 0.489 e. The lowest BCUT2D eigenvalue weighted by Gasteiger charge is -2.07. The zero-order valence-electron chi connectivity index (χ0n) is 11.3. The summed E-state index contributed by atoms with van der Waals surface area (Å²) in [6, 6.07) is 10.6. The Morgan fingerprint density at radius 1 is 1.25 bits per heavy atom. The maximum absolute atomic E-state index is 10.9. The molecule has 5 heteroatoms. The predicted octanol–water partition coefficient (Wildman–Crippen LogP) is 2.19. The van der Waals surface area contributed by atoms with Crippen molar-refractivity contribution >= 4 is 11.7 Å². The van der Waals surface area contributed by atoms with Gasteiger partial charge in [-0.25, -0.2) is 4.98 Å². The Balaban J connectivity index is 1.92. The first-order valence-electron chi connectivity index (χ1n) is 6.40. The van der Waals surface area contributed by atoms with Crippen LogP contribution in [0.3, 0.4) is 0 Å². The van der Waals surface area contributed by atoms with Gasteiger partial charge in [-0.3, -0.25) is 4.79 Å². The Hall–Kier alpha value is -2.56. The van der Waals surface area contributed by atoms with Crippen molar-refractivity contribution in [3.63, 3.8) is 0 Å². The van der Waals surface area contributed by atoms with E-state index in [1.807, 2.05) is 19.1 Å². The molecule has 1 heterocycles. The lowest BCUT2D eigenvalue weighted by molar-refractivity contribution is 0.100. The van der Waals surface area contributed by atoms with Gasteiger partial charge in [0.2, 0.25) is 5.91 Å². The van der Waals surface area contributed by atoms with Gasteiger partial charge in [0.05, 0.1) is 0 Å².